The fourth-order valence-electron chi connectivity index (χ4n) is 3.89. The number of rotatable bonds is 3. The van der Waals surface area contributed by atoms with Crippen molar-refractivity contribution < 1.29 is 35.5 Å². The minimum absolute atomic E-state index is 0.136. The number of anilines is 3. The molecule has 0 radical (unpaired) electrons. The van der Waals surface area contributed by atoms with Crippen LogP contribution in [0.2, 0.25) is 0 Å². The Morgan fingerprint density at radius 3 is 1.76 bits per heavy atom. The molecule has 0 unspecified atom stereocenters. The van der Waals surface area contributed by atoms with Gasteiger partial charge in [-0.15, -0.1) is 0 Å². The van der Waals surface area contributed by atoms with E-state index in [2.05, 4.69) is 0 Å². The molecule has 3 aromatic carbocycles. The van der Waals surface area contributed by atoms with Crippen LogP contribution in [0.1, 0.15) is 31.8 Å². The smallest absolute Gasteiger partial charge is 0.298 e. The molecular formula is C20H15N3O8S2. The van der Waals surface area contributed by atoms with E-state index in [1.54, 1.807) is 0 Å². The highest BCUT2D eigenvalue weighted by atomic mass is 32.2. The van der Waals surface area contributed by atoms with E-state index in [1.165, 1.54) is 24.3 Å². The normalized spacial score (nSPS) is 13.5. The standard InChI is InChI=1S/C20H15N3O8S2/c21-9-6-4-8(5-7-9)12-14-15(17(23)20(16(12)22)33(29,30)31)18(24)10-2-1-3-11(32(26,27)28)13(10)19(14)25/h1-7H,21-23H2,(H,26,27,28)(H,29,30,31). The highest BCUT2D eigenvalue weighted by Gasteiger charge is 2.41. The third-order valence-electron chi connectivity index (χ3n) is 5.22. The van der Waals surface area contributed by atoms with E-state index in [0.717, 1.165) is 18.2 Å². The Morgan fingerprint density at radius 1 is 0.636 bits per heavy atom. The average molecular weight is 489 g/mol. The predicted molar refractivity (Wildman–Crippen MR) is 118 cm³/mol. The van der Waals surface area contributed by atoms with Gasteiger partial charge in [-0.3, -0.25) is 18.7 Å². The van der Waals surface area contributed by atoms with Crippen LogP contribution in [0.25, 0.3) is 11.1 Å². The molecule has 0 aromatic heterocycles. The number of benzene rings is 3. The number of hydrogen-bond donors (Lipinski definition) is 5. The second kappa shape index (κ2) is 7.11. The molecule has 0 saturated carbocycles. The fourth-order valence-corrected chi connectivity index (χ4v) is 5.36. The minimum atomic E-state index is -5.06. The van der Waals surface area contributed by atoms with Gasteiger partial charge in [-0.2, -0.15) is 16.8 Å². The van der Waals surface area contributed by atoms with Gasteiger partial charge in [0.1, 0.15) is 9.79 Å². The SMILES string of the molecule is Nc1ccc(-c2c(N)c(S(=O)(=O)O)c(N)c3c2C(=O)c2c(cccc2S(=O)(=O)O)C3=O)cc1. The van der Waals surface area contributed by atoms with E-state index in [0.29, 0.717) is 5.69 Å². The molecule has 3 aromatic rings. The molecule has 33 heavy (non-hydrogen) atoms. The van der Waals surface area contributed by atoms with Crippen molar-refractivity contribution in [2.75, 3.05) is 17.2 Å². The number of carbonyl (C=O) groups excluding carboxylic acids is 2. The first-order valence-corrected chi connectivity index (χ1v) is 11.9. The van der Waals surface area contributed by atoms with E-state index in [4.69, 9.17) is 17.2 Å². The zero-order chi connectivity index (χ0) is 24.5. The van der Waals surface area contributed by atoms with Crippen molar-refractivity contribution in [2.45, 2.75) is 9.79 Å². The predicted octanol–water partition coefficient (Wildman–Crippen LogP) is 1.37. The lowest BCUT2D eigenvalue weighted by Crippen LogP contribution is -2.27. The topological polar surface area (TPSA) is 221 Å². The number of nitrogen functional groups attached to an aromatic ring is 3. The summed E-state index contributed by atoms with van der Waals surface area (Å²) in [4.78, 5) is 25.1. The maximum absolute atomic E-state index is 13.6. The Labute approximate surface area is 187 Å². The molecule has 0 atom stereocenters. The zero-order valence-corrected chi connectivity index (χ0v) is 18.1. The number of ketones is 2. The van der Waals surface area contributed by atoms with Gasteiger partial charge in [0, 0.05) is 22.4 Å². The van der Waals surface area contributed by atoms with Gasteiger partial charge in [-0.05, 0) is 23.8 Å². The molecule has 0 heterocycles. The summed E-state index contributed by atoms with van der Waals surface area (Å²) in [5.41, 5.74) is 14.3. The van der Waals surface area contributed by atoms with Crippen molar-refractivity contribution in [1.82, 2.24) is 0 Å². The number of nitrogens with two attached hydrogens (primary N) is 3. The van der Waals surface area contributed by atoms with Crippen molar-refractivity contribution in [3.8, 4) is 11.1 Å². The van der Waals surface area contributed by atoms with Crippen LogP contribution in [0.4, 0.5) is 17.1 Å². The molecule has 0 spiro atoms. The molecule has 0 amide bonds. The van der Waals surface area contributed by atoms with Crippen LogP contribution in [0.3, 0.4) is 0 Å². The quantitative estimate of drug-likeness (QED) is 0.204. The molecule has 0 fully saturated rings. The fraction of sp³-hybridized carbons (Fsp3) is 0. The van der Waals surface area contributed by atoms with Gasteiger partial charge in [-0.1, -0.05) is 24.3 Å². The van der Waals surface area contributed by atoms with E-state index >= 15 is 0 Å². The second-order valence-electron chi connectivity index (χ2n) is 7.19. The van der Waals surface area contributed by atoms with Gasteiger partial charge in [0.25, 0.3) is 20.2 Å². The lowest BCUT2D eigenvalue weighted by molar-refractivity contribution is 0.0977. The third-order valence-corrected chi connectivity index (χ3v) is 7.07. The summed E-state index contributed by atoms with van der Waals surface area (Å²) in [5, 5.41) is 0. The summed E-state index contributed by atoms with van der Waals surface area (Å²) in [6.45, 7) is 0. The first kappa shape index (κ1) is 22.4. The average Bonchev–Trinajstić information content (AvgIpc) is 2.70. The third kappa shape index (κ3) is 3.34. The molecule has 1 aliphatic carbocycles. The first-order chi connectivity index (χ1) is 15.2. The summed E-state index contributed by atoms with van der Waals surface area (Å²) in [7, 11) is -9.99. The Kier molecular flexibility index (Phi) is 4.83. The van der Waals surface area contributed by atoms with Crippen molar-refractivity contribution in [2.24, 2.45) is 0 Å². The molecule has 0 aliphatic heterocycles. The molecule has 1 aliphatic rings. The summed E-state index contributed by atoms with van der Waals surface area (Å²) in [6, 6.07) is 8.77. The Bertz CT molecular complexity index is 1610. The Morgan fingerprint density at radius 2 is 1.21 bits per heavy atom. The maximum Gasteiger partial charge on any atom is 0.298 e. The van der Waals surface area contributed by atoms with Crippen molar-refractivity contribution in [3.05, 3.63) is 64.7 Å². The van der Waals surface area contributed by atoms with Crippen LogP contribution in [-0.2, 0) is 20.2 Å². The summed E-state index contributed by atoms with van der Waals surface area (Å²) < 4.78 is 67.3. The first-order valence-electron chi connectivity index (χ1n) is 9.03. The van der Waals surface area contributed by atoms with E-state index < -0.39 is 75.2 Å². The number of fused-ring (bicyclic) bond motifs is 2. The maximum atomic E-state index is 13.6. The van der Waals surface area contributed by atoms with E-state index in [1.807, 2.05) is 0 Å². The van der Waals surface area contributed by atoms with Gasteiger partial charge in [0.2, 0.25) is 0 Å². The molecule has 0 saturated heterocycles. The van der Waals surface area contributed by atoms with Gasteiger partial charge in [-0.25, -0.2) is 0 Å². The van der Waals surface area contributed by atoms with Crippen molar-refractivity contribution in [3.63, 3.8) is 0 Å². The lowest BCUT2D eigenvalue weighted by Gasteiger charge is -2.26. The van der Waals surface area contributed by atoms with Crippen LogP contribution >= 0.6 is 0 Å². The van der Waals surface area contributed by atoms with Crippen LogP contribution in [0.15, 0.2) is 52.3 Å². The van der Waals surface area contributed by atoms with Crippen molar-refractivity contribution >= 4 is 48.9 Å². The zero-order valence-electron chi connectivity index (χ0n) is 16.4. The molecule has 4 rings (SSSR count). The largest absolute Gasteiger partial charge is 0.399 e. The van der Waals surface area contributed by atoms with Crippen LogP contribution in [0.5, 0.6) is 0 Å². The van der Waals surface area contributed by atoms with Gasteiger partial charge < -0.3 is 17.2 Å². The minimum Gasteiger partial charge on any atom is -0.399 e. The van der Waals surface area contributed by atoms with Crippen LogP contribution < -0.4 is 17.2 Å². The van der Waals surface area contributed by atoms with Crippen LogP contribution in [0, 0.1) is 0 Å². The molecule has 170 valence electrons. The lowest BCUT2D eigenvalue weighted by atomic mass is 9.79. The van der Waals surface area contributed by atoms with Gasteiger partial charge in [0.05, 0.1) is 22.5 Å². The monoisotopic (exact) mass is 489 g/mol. The molecule has 0 bridgehead atoms. The van der Waals surface area contributed by atoms with E-state index in [9.17, 15) is 35.5 Å². The molecular weight excluding hydrogens is 474 g/mol. The van der Waals surface area contributed by atoms with Crippen molar-refractivity contribution in [1.29, 1.82) is 0 Å². The summed E-state index contributed by atoms with van der Waals surface area (Å²) in [6.07, 6.45) is 0. The summed E-state index contributed by atoms with van der Waals surface area (Å²) >= 11 is 0. The molecule has 11 nitrogen and oxygen atoms in total. The molecule has 8 N–H and O–H groups in total. The highest BCUT2D eigenvalue weighted by molar-refractivity contribution is 7.86. The second-order valence-corrected chi connectivity index (χ2v) is 9.94. The van der Waals surface area contributed by atoms with E-state index in [-0.39, 0.29) is 11.1 Å². The summed E-state index contributed by atoms with van der Waals surface area (Å²) in [5.74, 6) is -2.04. The number of carbonyl (C=O) groups is 2. The molecule has 13 heteroatoms. The highest BCUT2D eigenvalue weighted by Crippen LogP contribution is 2.46. The Hall–Kier alpha value is -3.78. The Balaban J connectivity index is 2.24. The van der Waals surface area contributed by atoms with Gasteiger partial charge >= 0.3 is 0 Å². The number of hydrogen-bond acceptors (Lipinski definition) is 9. The van der Waals surface area contributed by atoms with Gasteiger partial charge in [0.15, 0.2) is 11.6 Å². The van der Waals surface area contributed by atoms with Crippen LogP contribution in [-0.4, -0.2) is 37.5 Å².